The lowest BCUT2D eigenvalue weighted by Crippen LogP contribution is -2.39. The molecule has 3 nitrogen and oxygen atoms in total. The van der Waals surface area contributed by atoms with Crippen molar-refractivity contribution in [2.75, 3.05) is 20.1 Å². The Balaban J connectivity index is 2.28. The second-order valence-electron chi connectivity index (χ2n) is 5.50. The van der Waals surface area contributed by atoms with E-state index >= 15 is 0 Å². The SMILES string of the molecule is CNCC(C)(C)CNC(=O)CCc1sccc1C. The van der Waals surface area contributed by atoms with E-state index in [0.29, 0.717) is 6.42 Å². The van der Waals surface area contributed by atoms with Crippen LogP contribution in [0.4, 0.5) is 0 Å². The van der Waals surface area contributed by atoms with Gasteiger partial charge in [0.2, 0.25) is 5.91 Å². The lowest BCUT2D eigenvalue weighted by molar-refractivity contribution is -0.121. The second kappa shape index (κ2) is 6.90. The van der Waals surface area contributed by atoms with Crippen LogP contribution in [0.15, 0.2) is 11.4 Å². The van der Waals surface area contributed by atoms with Crippen LogP contribution in [0.2, 0.25) is 0 Å². The van der Waals surface area contributed by atoms with Crippen molar-refractivity contribution in [2.45, 2.75) is 33.6 Å². The maximum absolute atomic E-state index is 11.8. The van der Waals surface area contributed by atoms with Crippen molar-refractivity contribution in [3.8, 4) is 0 Å². The second-order valence-corrected chi connectivity index (χ2v) is 6.50. The predicted octanol–water partition coefficient (Wildman–Crippen LogP) is 2.35. The van der Waals surface area contributed by atoms with Crippen LogP contribution >= 0.6 is 11.3 Å². The molecule has 0 unspecified atom stereocenters. The highest BCUT2D eigenvalue weighted by atomic mass is 32.1. The van der Waals surface area contributed by atoms with Crippen molar-refractivity contribution >= 4 is 17.2 Å². The lowest BCUT2D eigenvalue weighted by atomic mass is 9.93. The monoisotopic (exact) mass is 268 g/mol. The van der Waals surface area contributed by atoms with Gasteiger partial charge in [-0.2, -0.15) is 0 Å². The van der Waals surface area contributed by atoms with Gasteiger partial charge in [-0.1, -0.05) is 13.8 Å². The van der Waals surface area contributed by atoms with Gasteiger partial charge >= 0.3 is 0 Å². The van der Waals surface area contributed by atoms with Crippen molar-refractivity contribution in [3.63, 3.8) is 0 Å². The standard InChI is InChI=1S/C14H24N2OS/c1-11-7-8-18-12(11)5-6-13(17)16-10-14(2,3)9-15-4/h7-8,15H,5-6,9-10H2,1-4H3,(H,16,17). The molecule has 0 radical (unpaired) electrons. The third-order valence-corrected chi connectivity index (χ3v) is 4.05. The molecule has 0 saturated carbocycles. The number of rotatable bonds is 7. The van der Waals surface area contributed by atoms with E-state index in [9.17, 15) is 4.79 Å². The summed E-state index contributed by atoms with van der Waals surface area (Å²) < 4.78 is 0. The van der Waals surface area contributed by atoms with Gasteiger partial charge in [0.25, 0.3) is 0 Å². The van der Waals surface area contributed by atoms with Crippen molar-refractivity contribution in [1.82, 2.24) is 10.6 Å². The predicted molar refractivity (Wildman–Crippen MR) is 78.1 cm³/mol. The summed E-state index contributed by atoms with van der Waals surface area (Å²) in [5, 5.41) is 8.24. The number of hydrogen-bond donors (Lipinski definition) is 2. The fourth-order valence-electron chi connectivity index (χ4n) is 1.85. The van der Waals surface area contributed by atoms with Crippen molar-refractivity contribution in [3.05, 3.63) is 21.9 Å². The zero-order valence-electron chi connectivity index (χ0n) is 11.8. The van der Waals surface area contributed by atoms with E-state index < -0.39 is 0 Å². The Bertz CT molecular complexity index is 385. The quantitative estimate of drug-likeness (QED) is 0.797. The van der Waals surface area contributed by atoms with Crippen LogP contribution in [0.1, 0.15) is 30.7 Å². The minimum Gasteiger partial charge on any atom is -0.356 e. The molecule has 0 aromatic carbocycles. The molecule has 2 N–H and O–H groups in total. The van der Waals surface area contributed by atoms with E-state index in [1.165, 1.54) is 10.4 Å². The number of carbonyl (C=O) groups is 1. The van der Waals surface area contributed by atoms with Crippen molar-refractivity contribution in [2.24, 2.45) is 5.41 Å². The summed E-state index contributed by atoms with van der Waals surface area (Å²) in [4.78, 5) is 13.1. The molecular formula is C14H24N2OS. The lowest BCUT2D eigenvalue weighted by Gasteiger charge is -2.24. The molecule has 4 heteroatoms. The van der Waals surface area contributed by atoms with Gasteiger partial charge in [0.05, 0.1) is 0 Å². The molecule has 0 bridgehead atoms. The summed E-state index contributed by atoms with van der Waals surface area (Å²) in [5.74, 6) is 0.145. The first-order chi connectivity index (χ1) is 8.44. The highest BCUT2D eigenvalue weighted by Crippen LogP contribution is 2.17. The van der Waals surface area contributed by atoms with Gasteiger partial charge < -0.3 is 10.6 Å². The molecule has 0 aliphatic heterocycles. The average Bonchev–Trinajstić information content (AvgIpc) is 2.70. The largest absolute Gasteiger partial charge is 0.356 e. The van der Waals surface area contributed by atoms with Gasteiger partial charge in [0.1, 0.15) is 0 Å². The molecule has 0 spiro atoms. The van der Waals surface area contributed by atoms with E-state index in [1.807, 2.05) is 7.05 Å². The fourth-order valence-corrected chi connectivity index (χ4v) is 2.76. The van der Waals surface area contributed by atoms with Gasteiger partial charge in [0.15, 0.2) is 0 Å². The highest BCUT2D eigenvalue weighted by molar-refractivity contribution is 7.10. The molecule has 18 heavy (non-hydrogen) atoms. The molecule has 1 aromatic rings. The molecule has 1 rings (SSSR count). The van der Waals surface area contributed by atoms with Crippen molar-refractivity contribution < 1.29 is 4.79 Å². The summed E-state index contributed by atoms with van der Waals surface area (Å²) >= 11 is 1.73. The third-order valence-electron chi connectivity index (χ3n) is 2.97. The van der Waals surface area contributed by atoms with Crippen LogP contribution < -0.4 is 10.6 Å². The maximum atomic E-state index is 11.8. The smallest absolute Gasteiger partial charge is 0.220 e. The Hall–Kier alpha value is -0.870. The van der Waals surface area contributed by atoms with Gasteiger partial charge in [0, 0.05) is 24.4 Å². The molecular weight excluding hydrogens is 244 g/mol. The van der Waals surface area contributed by atoms with E-state index in [4.69, 9.17) is 0 Å². The van der Waals surface area contributed by atoms with E-state index in [2.05, 4.69) is 42.9 Å². The van der Waals surface area contributed by atoms with Crippen LogP contribution in [0.25, 0.3) is 0 Å². The normalized spacial score (nSPS) is 11.6. The summed E-state index contributed by atoms with van der Waals surface area (Å²) in [6.07, 6.45) is 1.43. The molecule has 1 heterocycles. The average molecular weight is 268 g/mol. The molecule has 0 saturated heterocycles. The Morgan fingerprint density at radius 1 is 1.39 bits per heavy atom. The topological polar surface area (TPSA) is 41.1 Å². The first kappa shape index (κ1) is 15.2. The number of thiophene rings is 1. The number of aryl methyl sites for hydroxylation is 2. The van der Waals surface area contributed by atoms with Gasteiger partial charge in [-0.25, -0.2) is 0 Å². The molecule has 1 amide bonds. The van der Waals surface area contributed by atoms with E-state index in [-0.39, 0.29) is 11.3 Å². The molecule has 0 aliphatic rings. The molecule has 0 atom stereocenters. The Kier molecular flexibility index (Phi) is 5.82. The van der Waals surface area contributed by atoms with Gasteiger partial charge in [-0.05, 0) is 42.8 Å². The zero-order chi connectivity index (χ0) is 13.6. The van der Waals surface area contributed by atoms with Gasteiger partial charge in [-0.3, -0.25) is 4.79 Å². The van der Waals surface area contributed by atoms with Crippen LogP contribution in [0.5, 0.6) is 0 Å². The minimum atomic E-state index is 0.100. The Morgan fingerprint density at radius 2 is 2.11 bits per heavy atom. The van der Waals surface area contributed by atoms with Crippen molar-refractivity contribution in [1.29, 1.82) is 0 Å². The highest BCUT2D eigenvalue weighted by Gasteiger charge is 2.17. The van der Waals surface area contributed by atoms with Crippen LogP contribution in [-0.4, -0.2) is 26.0 Å². The molecule has 0 aliphatic carbocycles. The number of amides is 1. The summed E-state index contributed by atoms with van der Waals surface area (Å²) in [6, 6.07) is 2.11. The molecule has 102 valence electrons. The Labute approximate surface area is 114 Å². The Morgan fingerprint density at radius 3 is 2.67 bits per heavy atom. The zero-order valence-corrected chi connectivity index (χ0v) is 12.6. The first-order valence-electron chi connectivity index (χ1n) is 6.39. The maximum Gasteiger partial charge on any atom is 0.220 e. The first-order valence-corrected chi connectivity index (χ1v) is 7.27. The van der Waals surface area contributed by atoms with Crippen LogP contribution in [0.3, 0.4) is 0 Å². The fraction of sp³-hybridized carbons (Fsp3) is 0.643. The summed E-state index contributed by atoms with van der Waals surface area (Å²) in [5.41, 5.74) is 1.40. The molecule has 1 aromatic heterocycles. The summed E-state index contributed by atoms with van der Waals surface area (Å²) in [7, 11) is 1.93. The minimum absolute atomic E-state index is 0.100. The van der Waals surface area contributed by atoms with E-state index in [0.717, 1.165) is 19.5 Å². The summed E-state index contributed by atoms with van der Waals surface area (Å²) in [6.45, 7) is 8.01. The van der Waals surface area contributed by atoms with Crippen LogP contribution in [0, 0.1) is 12.3 Å². The van der Waals surface area contributed by atoms with E-state index in [1.54, 1.807) is 11.3 Å². The van der Waals surface area contributed by atoms with Crippen LogP contribution in [-0.2, 0) is 11.2 Å². The number of nitrogens with one attached hydrogen (secondary N) is 2. The molecule has 0 fully saturated rings. The number of carbonyl (C=O) groups excluding carboxylic acids is 1. The number of hydrogen-bond acceptors (Lipinski definition) is 3. The third kappa shape index (κ3) is 5.19. The van der Waals surface area contributed by atoms with Gasteiger partial charge in [-0.15, -0.1) is 11.3 Å².